The van der Waals surface area contributed by atoms with E-state index in [9.17, 15) is 0 Å². The second kappa shape index (κ2) is 7.16. The Balaban J connectivity index is 1.95. The van der Waals surface area contributed by atoms with Crippen LogP contribution in [-0.4, -0.2) is 13.2 Å². The molecular formula is C19H25NO. The summed E-state index contributed by atoms with van der Waals surface area (Å²) < 4.78 is 5.42. The molecule has 0 fully saturated rings. The summed E-state index contributed by atoms with van der Waals surface area (Å²) in [5.74, 6) is 0.906. The number of nitrogens with one attached hydrogen (secondary N) is 1. The molecule has 0 spiro atoms. The summed E-state index contributed by atoms with van der Waals surface area (Å²) in [5, 5.41) is 3.56. The molecule has 1 atom stereocenters. The first-order valence-electron chi connectivity index (χ1n) is 7.55. The molecule has 0 radical (unpaired) electrons. The van der Waals surface area contributed by atoms with Gasteiger partial charge in [-0.3, -0.25) is 0 Å². The highest BCUT2D eigenvalue weighted by atomic mass is 16.5. The van der Waals surface area contributed by atoms with E-state index in [0.29, 0.717) is 6.04 Å². The van der Waals surface area contributed by atoms with Crippen molar-refractivity contribution in [2.75, 3.05) is 12.4 Å². The monoisotopic (exact) mass is 283 g/mol. The van der Waals surface area contributed by atoms with Gasteiger partial charge in [-0.05, 0) is 56.9 Å². The zero-order valence-electron chi connectivity index (χ0n) is 13.4. The summed E-state index contributed by atoms with van der Waals surface area (Å²) >= 11 is 0. The molecule has 0 aliphatic heterocycles. The zero-order valence-corrected chi connectivity index (χ0v) is 13.4. The number of rotatable bonds is 6. The zero-order chi connectivity index (χ0) is 15.2. The van der Waals surface area contributed by atoms with Crippen molar-refractivity contribution in [1.29, 1.82) is 0 Å². The molecule has 2 aromatic rings. The van der Waals surface area contributed by atoms with E-state index >= 15 is 0 Å². The highest BCUT2D eigenvalue weighted by Gasteiger charge is 2.07. The van der Waals surface area contributed by atoms with E-state index in [0.717, 1.165) is 24.3 Å². The number of benzene rings is 2. The smallest absolute Gasteiger partial charge is 0.141 e. The van der Waals surface area contributed by atoms with Gasteiger partial charge in [-0.25, -0.2) is 0 Å². The van der Waals surface area contributed by atoms with E-state index in [1.807, 2.05) is 6.07 Å². The van der Waals surface area contributed by atoms with Crippen LogP contribution in [0.5, 0.6) is 5.75 Å². The van der Waals surface area contributed by atoms with Crippen LogP contribution in [-0.2, 0) is 6.42 Å². The van der Waals surface area contributed by atoms with E-state index < -0.39 is 0 Å². The minimum atomic E-state index is 0.404. The van der Waals surface area contributed by atoms with Gasteiger partial charge in [0.2, 0.25) is 0 Å². The molecule has 0 amide bonds. The Morgan fingerprint density at radius 2 is 1.81 bits per heavy atom. The molecule has 0 saturated heterocycles. The van der Waals surface area contributed by atoms with Gasteiger partial charge in [-0.15, -0.1) is 0 Å². The first kappa shape index (κ1) is 15.4. The largest absolute Gasteiger partial charge is 0.495 e. The van der Waals surface area contributed by atoms with Crippen LogP contribution in [0.4, 0.5) is 5.69 Å². The van der Waals surface area contributed by atoms with Crippen molar-refractivity contribution in [3.8, 4) is 5.75 Å². The maximum atomic E-state index is 5.42. The molecule has 112 valence electrons. The minimum absolute atomic E-state index is 0.404. The molecule has 0 aliphatic rings. The molecule has 21 heavy (non-hydrogen) atoms. The van der Waals surface area contributed by atoms with Crippen LogP contribution in [0.15, 0.2) is 42.5 Å². The molecule has 1 unspecified atom stereocenters. The van der Waals surface area contributed by atoms with E-state index in [-0.39, 0.29) is 0 Å². The third kappa shape index (κ3) is 4.52. The first-order chi connectivity index (χ1) is 10.1. The van der Waals surface area contributed by atoms with Gasteiger partial charge in [-0.2, -0.15) is 0 Å². The van der Waals surface area contributed by atoms with Gasteiger partial charge in [0.1, 0.15) is 5.75 Å². The maximum absolute atomic E-state index is 5.42. The average Bonchev–Trinajstić information content (AvgIpc) is 2.45. The lowest BCUT2D eigenvalue weighted by molar-refractivity contribution is 0.416. The Morgan fingerprint density at radius 1 is 1.05 bits per heavy atom. The molecule has 2 aromatic carbocycles. The van der Waals surface area contributed by atoms with Gasteiger partial charge in [0.15, 0.2) is 0 Å². The lowest BCUT2D eigenvalue weighted by Gasteiger charge is -2.18. The van der Waals surface area contributed by atoms with Crippen LogP contribution >= 0.6 is 0 Å². The normalized spacial score (nSPS) is 12.0. The van der Waals surface area contributed by atoms with Crippen molar-refractivity contribution in [3.63, 3.8) is 0 Å². The van der Waals surface area contributed by atoms with Crippen LogP contribution in [0.1, 0.15) is 30.0 Å². The van der Waals surface area contributed by atoms with Crippen LogP contribution in [0.3, 0.4) is 0 Å². The topological polar surface area (TPSA) is 21.3 Å². The number of methoxy groups -OCH3 is 1. The fourth-order valence-electron chi connectivity index (χ4n) is 2.52. The van der Waals surface area contributed by atoms with Crippen molar-refractivity contribution < 1.29 is 4.74 Å². The SMILES string of the molecule is COc1ccc(C)cc1NC(C)CCc1cccc(C)c1. The van der Waals surface area contributed by atoms with Crippen LogP contribution in [0.2, 0.25) is 0 Å². The lowest BCUT2D eigenvalue weighted by atomic mass is 10.0. The minimum Gasteiger partial charge on any atom is -0.495 e. The molecule has 0 aliphatic carbocycles. The number of hydrogen-bond donors (Lipinski definition) is 1. The third-order valence-corrected chi connectivity index (χ3v) is 3.71. The lowest BCUT2D eigenvalue weighted by Crippen LogP contribution is -2.16. The molecule has 0 saturated carbocycles. The molecular weight excluding hydrogens is 258 g/mol. The van der Waals surface area contributed by atoms with Gasteiger partial charge < -0.3 is 10.1 Å². The Morgan fingerprint density at radius 3 is 2.52 bits per heavy atom. The highest BCUT2D eigenvalue weighted by Crippen LogP contribution is 2.26. The molecule has 1 N–H and O–H groups in total. The Labute approximate surface area is 128 Å². The summed E-state index contributed by atoms with van der Waals surface area (Å²) in [7, 11) is 1.72. The van der Waals surface area contributed by atoms with Crippen molar-refractivity contribution in [2.24, 2.45) is 0 Å². The highest BCUT2D eigenvalue weighted by molar-refractivity contribution is 5.58. The molecule has 0 heterocycles. The van der Waals surface area contributed by atoms with Gasteiger partial charge in [-0.1, -0.05) is 35.9 Å². The van der Waals surface area contributed by atoms with E-state index in [4.69, 9.17) is 4.74 Å². The number of anilines is 1. The average molecular weight is 283 g/mol. The summed E-state index contributed by atoms with van der Waals surface area (Å²) in [6, 6.07) is 15.4. The van der Waals surface area contributed by atoms with Crippen LogP contribution in [0.25, 0.3) is 0 Å². The van der Waals surface area contributed by atoms with E-state index in [2.05, 4.69) is 62.5 Å². The molecule has 0 aromatic heterocycles. The second-order valence-electron chi connectivity index (χ2n) is 5.78. The maximum Gasteiger partial charge on any atom is 0.141 e. The Kier molecular flexibility index (Phi) is 5.26. The summed E-state index contributed by atoms with van der Waals surface area (Å²) in [4.78, 5) is 0. The Hall–Kier alpha value is -1.96. The standard InChI is InChI=1S/C19H25NO/c1-14-6-5-7-17(12-14)10-9-16(3)20-18-13-15(2)8-11-19(18)21-4/h5-8,11-13,16,20H,9-10H2,1-4H3. The van der Waals surface area contributed by atoms with Crippen LogP contribution in [0, 0.1) is 13.8 Å². The van der Waals surface area contributed by atoms with Crippen molar-refractivity contribution >= 4 is 5.69 Å². The fraction of sp³-hybridized carbons (Fsp3) is 0.368. The quantitative estimate of drug-likeness (QED) is 0.826. The second-order valence-corrected chi connectivity index (χ2v) is 5.78. The van der Waals surface area contributed by atoms with Gasteiger partial charge in [0, 0.05) is 6.04 Å². The van der Waals surface area contributed by atoms with E-state index in [1.54, 1.807) is 7.11 Å². The number of ether oxygens (including phenoxy) is 1. The third-order valence-electron chi connectivity index (χ3n) is 3.71. The summed E-state index contributed by atoms with van der Waals surface area (Å²) in [6.45, 7) is 6.46. The van der Waals surface area contributed by atoms with E-state index in [1.165, 1.54) is 16.7 Å². The Bertz CT molecular complexity index is 592. The van der Waals surface area contributed by atoms with Gasteiger partial charge >= 0.3 is 0 Å². The van der Waals surface area contributed by atoms with Crippen molar-refractivity contribution in [2.45, 2.75) is 39.7 Å². The van der Waals surface area contributed by atoms with Crippen LogP contribution < -0.4 is 10.1 Å². The van der Waals surface area contributed by atoms with Crippen molar-refractivity contribution in [1.82, 2.24) is 0 Å². The number of hydrogen-bond acceptors (Lipinski definition) is 2. The fourth-order valence-corrected chi connectivity index (χ4v) is 2.52. The predicted octanol–water partition coefficient (Wildman–Crippen LogP) is 4.75. The molecule has 2 heteroatoms. The van der Waals surface area contributed by atoms with Gasteiger partial charge in [0.25, 0.3) is 0 Å². The predicted molar refractivity (Wildman–Crippen MR) is 90.3 cm³/mol. The molecule has 2 rings (SSSR count). The molecule has 0 bridgehead atoms. The first-order valence-corrected chi connectivity index (χ1v) is 7.55. The summed E-state index contributed by atoms with van der Waals surface area (Å²) in [6.07, 6.45) is 2.19. The van der Waals surface area contributed by atoms with Gasteiger partial charge in [0.05, 0.1) is 12.8 Å². The summed E-state index contributed by atoms with van der Waals surface area (Å²) in [5.41, 5.74) is 5.05. The molecule has 2 nitrogen and oxygen atoms in total. The van der Waals surface area contributed by atoms with Crippen molar-refractivity contribution in [3.05, 3.63) is 59.2 Å². The number of aryl methyl sites for hydroxylation is 3.